The van der Waals surface area contributed by atoms with E-state index in [9.17, 15) is 4.79 Å². The number of carbonyl (C=O) groups is 1. The number of imidazole rings is 1. The van der Waals surface area contributed by atoms with Crippen molar-refractivity contribution in [1.29, 1.82) is 0 Å². The number of aromatic amines is 1. The fourth-order valence-corrected chi connectivity index (χ4v) is 3.24. The van der Waals surface area contributed by atoms with Crippen molar-refractivity contribution in [2.24, 2.45) is 0 Å². The first kappa shape index (κ1) is 13.8. The summed E-state index contributed by atoms with van der Waals surface area (Å²) >= 11 is 1.62. The van der Waals surface area contributed by atoms with Crippen LogP contribution >= 0.6 is 11.3 Å². The third-order valence-electron chi connectivity index (χ3n) is 3.58. The van der Waals surface area contributed by atoms with Crippen LogP contribution in [0.5, 0.6) is 0 Å². The molecule has 3 rings (SSSR count). The summed E-state index contributed by atoms with van der Waals surface area (Å²) < 4.78 is 1.16. The lowest BCUT2D eigenvalue weighted by molar-refractivity contribution is 0.0799. The SMILES string of the molecule is Cc1ccc2scc(C(=O)N(C)CCc3cnc[nH]3)c2c1. The summed E-state index contributed by atoms with van der Waals surface area (Å²) in [6, 6.07) is 6.24. The lowest BCUT2D eigenvalue weighted by atomic mass is 10.1. The van der Waals surface area contributed by atoms with Gasteiger partial charge in [0.2, 0.25) is 0 Å². The minimum absolute atomic E-state index is 0.0753. The van der Waals surface area contributed by atoms with Crippen molar-refractivity contribution in [1.82, 2.24) is 14.9 Å². The van der Waals surface area contributed by atoms with Gasteiger partial charge in [-0.2, -0.15) is 0 Å². The molecule has 1 amide bonds. The molecule has 0 bridgehead atoms. The Hall–Kier alpha value is -2.14. The number of hydrogen-bond acceptors (Lipinski definition) is 3. The largest absolute Gasteiger partial charge is 0.348 e. The molecule has 0 atom stereocenters. The molecule has 1 aromatic carbocycles. The van der Waals surface area contributed by atoms with E-state index < -0.39 is 0 Å². The molecule has 0 saturated heterocycles. The van der Waals surface area contributed by atoms with E-state index in [0.717, 1.165) is 27.8 Å². The molecule has 0 aliphatic heterocycles. The van der Waals surface area contributed by atoms with Crippen molar-refractivity contribution in [3.63, 3.8) is 0 Å². The second kappa shape index (κ2) is 5.69. The minimum atomic E-state index is 0.0753. The van der Waals surface area contributed by atoms with Crippen molar-refractivity contribution in [3.05, 3.63) is 52.9 Å². The number of carbonyl (C=O) groups excluding carboxylic acids is 1. The Balaban J connectivity index is 1.78. The first-order valence-corrected chi connectivity index (χ1v) is 7.73. The summed E-state index contributed by atoms with van der Waals surface area (Å²) in [4.78, 5) is 21.4. The number of thiophene rings is 1. The summed E-state index contributed by atoms with van der Waals surface area (Å²) in [7, 11) is 1.85. The van der Waals surface area contributed by atoms with E-state index in [1.54, 1.807) is 28.8 Å². The first-order valence-electron chi connectivity index (χ1n) is 6.86. The van der Waals surface area contributed by atoms with Crippen LogP contribution in [0, 0.1) is 6.92 Å². The highest BCUT2D eigenvalue weighted by Gasteiger charge is 2.16. The molecule has 1 N–H and O–H groups in total. The van der Waals surface area contributed by atoms with E-state index in [-0.39, 0.29) is 5.91 Å². The quantitative estimate of drug-likeness (QED) is 0.804. The maximum atomic E-state index is 12.6. The number of fused-ring (bicyclic) bond motifs is 1. The summed E-state index contributed by atoms with van der Waals surface area (Å²) in [6.07, 6.45) is 4.23. The monoisotopic (exact) mass is 299 g/mol. The normalized spacial score (nSPS) is 11.0. The molecule has 0 spiro atoms. The van der Waals surface area contributed by atoms with Gasteiger partial charge < -0.3 is 9.88 Å². The summed E-state index contributed by atoms with van der Waals surface area (Å²) in [5, 5.41) is 3.01. The first-order chi connectivity index (χ1) is 10.1. The van der Waals surface area contributed by atoms with E-state index in [0.29, 0.717) is 6.54 Å². The van der Waals surface area contributed by atoms with Gasteiger partial charge in [0.15, 0.2) is 0 Å². The van der Waals surface area contributed by atoms with Gasteiger partial charge in [-0.05, 0) is 19.1 Å². The Morgan fingerprint density at radius 3 is 3.05 bits per heavy atom. The highest BCUT2D eigenvalue weighted by Crippen LogP contribution is 2.27. The Kier molecular flexibility index (Phi) is 3.75. The van der Waals surface area contributed by atoms with E-state index in [4.69, 9.17) is 0 Å². The smallest absolute Gasteiger partial charge is 0.255 e. The second-order valence-corrected chi connectivity index (χ2v) is 6.11. The fraction of sp³-hybridized carbons (Fsp3) is 0.250. The average molecular weight is 299 g/mol. The number of H-pyrrole nitrogens is 1. The zero-order valence-electron chi connectivity index (χ0n) is 12.1. The molecular weight excluding hydrogens is 282 g/mol. The minimum Gasteiger partial charge on any atom is -0.348 e. The Labute approximate surface area is 127 Å². The van der Waals surface area contributed by atoms with Crippen LogP contribution in [0.4, 0.5) is 0 Å². The molecular formula is C16H17N3OS. The van der Waals surface area contributed by atoms with E-state index >= 15 is 0 Å². The Bertz CT molecular complexity index is 761. The number of hydrogen-bond donors (Lipinski definition) is 1. The van der Waals surface area contributed by atoms with Gasteiger partial charge in [-0.3, -0.25) is 4.79 Å². The van der Waals surface area contributed by atoms with E-state index in [1.165, 1.54) is 5.56 Å². The molecule has 108 valence electrons. The number of aryl methyl sites for hydroxylation is 1. The molecule has 0 radical (unpaired) electrons. The molecule has 4 nitrogen and oxygen atoms in total. The number of aromatic nitrogens is 2. The van der Waals surface area contributed by atoms with Gasteiger partial charge >= 0.3 is 0 Å². The van der Waals surface area contributed by atoms with Gasteiger partial charge in [0, 0.05) is 47.4 Å². The summed E-state index contributed by atoms with van der Waals surface area (Å²) in [6.45, 7) is 2.72. The molecule has 0 fully saturated rings. The third kappa shape index (κ3) is 2.83. The average Bonchev–Trinajstić information content (AvgIpc) is 3.12. The van der Waals surface area contributed by atoms with Crippen LogP contribution in [0.1, 0.15) is 21.6 Å². The van der Waals surface area contributed by atoms with Crippen LogP contribution in [0.2, 0.25) is 0 Å². The van der Waals surface area contributed by atoms with E-state index in [2.05, 4.69) is 28.2 Å². The topological polar surface area (TPSA) is 49.0 Å². The van der Waals surface area contributed by atoms with Crippen molar-refractivity contribution >= 4 is 27.3 Å². The Morgan fingerprint density at radius 1 is 1.43 bits per heavy atom. The number of likely N-dealkylation sites (N-methyl/N-ethyl adjacent to an activating group) is 1. The van der Waals surface area contributed by atoms with Gasteiger partial charge in [0.05, 0.1) is 11.9 Å². The zero-order valence-corrected chi connectivity index (χ0v) is 12.9. The van der Waals surface area contributed by atoms with Crippen LogP contribution in [0.15, 0.2) is 36.1 Å². The predicted octanol–water partition coefficient (Wildman–Crippen LogP) is 3.25. The maximum absolute atomic E-state index is 12.6. The van der Waals surface area contributed by atoms with Crippen LogP contribution in [0.3, 0.4) is 0 Å². The van der Waals surface area contributed by atoms with Crippen LogP contribution in [-0.4, -0.2) is 34.4 Å². The molecule has 0 saturated carbocycles. The van der Waals surface area contributed by atoms with Gasteiger partial charge in [-0.1, -0.05) is 11.6 Å². The number of nitrogens with one attached hydrogen (secondary N) is 1. The standard InChI is InChI=1S/C16H17N3OS/c1-11-3-4-15-13(7-11)14(9-21-15)16(20)19(2)6-5-12-8-17-10-18-12/h3-4,7-10H,5-6H2,1-2H3,(H,17,18). The third-order valence-corrected chi connectivity index (χ3v) is 4.54. The molecule has 0 aliphatic carbocycles. The van der Waals surface area contributed by atoms with Crippen LogP contribution < -0.4 is 0 Å². The highest BCUT2D eigenvalue weighted by atomic mass is 32.1. The van der Waals surface area contributed by atoms with Crippen LogP contribution in [-0.2, 0) is 6.42 Å². The highest BCUT2D eigenvalue weighted by molar-refractivity contribution is 7.17. The van der Waals surface area contributed by atoms with Crippen molar-refractivity contribution < 1.29 is 4.79 Å². The maximum Gasteiger partial charge on any atom is 0.255 e. The number of benzene rings is 1. The number of rotatable bonds is 4. The van der Waals surface area contributed by atoms with Gasteiger partial charge in [-0.15, -0.1) is 11.3 Å². The predicted molar refractivity (Wildman–Crippen MR) is 85.8 cm³/mol. The lowest BCUT2D eigenvalue weighted by Crippen LogP contribution is -2.28. The molecule has 0 unspecified atom stereocenters. The number of nitrogens with zero attached hydrogens (tertiary/aromatic N) is 2. The van der Waals surface area contributed by atoms with Gasteiger partial charge in [0.1, 0.15) is 0 Å². The van der Waals surface area contributed by atoms with Gasteiger partial charge in [-0.25, -0.2) is 4.98 Å². The molecule has 3 aromatic rings. The van der Waals surface area contributed by atoms with Crippen molar-refractivity contribution in [2.75, 3.05) is 13.6 Å². The van der Waals surface area contributed by atoms with Crippen molar-refractivity contribution in [2.45, 2.75) is 13.3 Å². The molecule has 2 heterocycles. The summed E-state index contributed by atoms with van der Waals surface area (Å²) in [5.41, 5.74) is 3.02. The number of amides is 1. The van der Waals surface area contributed by atoms with Crippen LogP contribution in [0.25, 0.3) is 10.1 Å². The lowest BCUT2D eigenvalue weighted by Gasteiger charge is -2.16. The van der Waals surface area contributed by atoms with Gasteiger partial charge in [0.25, 0.3) is 5.91 Å². The van der Waals surface area contributed by atoms with E-state index in [1.807, 2.05) is 19.4 Å². The zero-order chi connectivity index (χ0) is 14.8. The molecule has 0 aliphatic rings. The molecule has 2 aromatic heterocycles. The molecule has 5 heteroatoms. The summed E-state index contributed by atoms with van der Waals surface area (Å²) in [5.74, 6) is 0.0753. The Morgan fingerprint density at radius 2 is 2.29 bits per heavy atom. The molecule has 21 heavy (non-hydrogen) atoms. The fourth-order valence-electron chi connectivity index (χ4n) is 2.33. The van der Waals surface area contributed by atoms with Crippen molar-refractivity contribution in [3.8, 4) is 0 Å². The second-order valence-electron chi connectivity index (χ2n) is 5.20.